The van der Waals surface area contributed by atoms with Crippen molar-refractivity contribution in [1.82, 2.24) is 0 Å². The van der Waals surface area contributed by atoms with Crippen molar-refractivity contribution in [2.75, 3.05) is 6.61 Å². The Hall–Kier alpha value is -1.68. The van der Waals surface area contributed by atoms with Gasteiger partial charge < -0.3 is 14.6 Å². The Bertz CT molecular complexity index is 614. The maximum Gasteiger partial charge on any atom is 0.0837 e. The van der Waals surface area contributed by atoms with Crippen molar-refractivity contribution in [3.63, 3.8) is 0 Å². The third-order valence-corrected chi connectivity index (χ3v) is 4.95. The molecule has 0 unspecified atom stereocenters. The molecule has 1 saturated heterocycles. The largest absolute Gasteiger partial charge is 0.393 e. The first kappa shape index (κ1) is 19.1. The highest BCUT2D eigenvalue weighted by atomic mass is 16.5. The standard InChI is InChI=1S/C23H30O3/c24-21-15-22(14-8-7-11-19-9-3-1-4-10-19)26-23(16-21)18-25-17-20-12-5-2-6-13-20/h1-6,9-10,12-13,21-24H,7-8,11,14-18H2/t21-,22+,23+/m0/s1. The van der Waals surface area contributed by atoms with Crippen LogP contribution >= 0.6 is 0 Å². The van der Waals surface area contributed by atoms with Crippen LogP contribution in [0, 0.1) is 0 Å². The Kier molecular flexibility index (Phi) is 7.68. The van der Waals surface area contributed by atoms with E-state index >= 15 is 0 Å². The molecule has 3 heteroatoms. The van der Waals surface area contributed by atoms with Gasteiger partial charge in [-0.25, -0.2) is 0 Å². The molecule has 1 N–H and O–H groups in total. The molecular weight excluding hydrogens is 324 g/mol. The summed E-state index contributed by atoms with van der Waals surface area (Å²) in [6.07, 6.45) is 5.72. The van der Waals surface area contributed by atoms with Crippen molar-refractivity contribution in [3.8, 4) is 0 Å². The van der Waals surface area contributed by atoms with Crippen LogP contribution in [0.3, 0.4) is 0 Å². The third-order valence-electron chi connectivity index (χ3n) is 4.95. The molecule has 2 aromatic rings. The van der Waals surface area contributed by atoms with Crippen molar-refractivity contribution < 1.29 is 14.6 Å². The molecule has 0 spiro atoms. The molecule has 0 amide bonds. The zero-order valence-corrected chi connectivity index (χ0v) is 15.4. The van der Waals surface area contributed by atoms with E-state index in [0.717, 1.165) is 32.1 Å². The van der Waals surface area contributed by atoms with Gasteiger partial charge in [0.15, 0.2) is 0 Å². The van der Waals surface area contributed by atoms with Crippen LogP contribution < -0.4 is 0 Å². The van der Waals surface area contributed by atoms with Gasteiger partial charge in [-0.1, -0.05) is 67.1 Å². The van der Waals surface area contributed by atoms with Gasteiger partial charge in [0.1, 0.15) is 0 Å². The number of rotatable bonds is 9. The van der Waals surface area contributed by atoms with Gasteiger partial charge >= 0.3 is 0 Å². The summed E-state index contributed by atoms with van der Waals surface area (Å²) in [4.78, 5) is 0. The molecule has 0 bridgehead atoms. The summed E-state index contributed by atoms with van der Waals surface area (Å²) in [5.74, 6) is 0. The average Bonchev–Trinajstić information content (AvgIpc) is 2.67. The van der Waals surface area contributed by atoms with Crippen LogP contribution in [0.25, 0.3) is 0 Å². The van der Waals surface area contributed by atoms with Crippen LogP contribution in [0.2, 0.25) is 0 Å². The zero-order chi connectivity index (χ0) is 18.0. The molecule has 1 aliphatic heterocycles. The van der Waals surface area contributed by atoms with E-state index in [1.807, 2.05) is 18.2 Å². The summed E-state index contributed by atoms with van der Waals surface area (Å²) >= 11 is 0. The Morgan fingerprint density at radius 3 is 2.23 bits per heavy atom. The molecule has 2 aromatic carbocycles. The van der Waals surface area contributed by atoms with E-state index in [4.69, 9.17) is 9.47 Å². The molecule has 26 heavy (non-hydrogen) atoms. The van der Waals surface area contributed by atoms with E-state index in [1.54, 1.807) is 0 Å². The lowest BCUT2D eigenvalue weighted by Crippen LogP contribution is -2.38. The van der Waals surface area contributed by atoms with Gasteiger partial charge in [-0.3, -0.25) is 0 Å². The molecule has 0 aliphatic carbocycles. The summed E-state index contributed by atoms with van der Waals surface area (Å²) in [5, 5.41) is 10.2. The van der Waals surface area contributed by atoms with Gasteiger partial charge in [-0.05, 0) is 36.8 Å². The number of aryl methyl sites for hydroxylation is 1. The fourth-order valence-electron chi connectivity index (χ4n) is 3.61. The Balaban J connectivity index is 1.34. The van der Waals surface area contributed by atoms with Crippen LogP contribution in [0.1, 0.15) is 43.2 Å². The molecule has 1 heterocycles. The van der Waals surface area contributed by atoms with Crippen molar-refractivity contribution >= 4 is 0 Å². The number of aliphatic hydroxyl groups is 1. The number of aliphatic hydroxyl groups excluding tert-OH is 1. The second-order valence-corrected chi connectivity index (χ2v) is 7.24. The normalized spacial score (nSPS) is 23.0. The lowest BCUT2D eigenvalue weighted by Gasteiger charge is -2.33. The maximum absolute atomic E-state index is 10.2. The van der Waals surface area contributed by atoms with E-state index in [2.05, 4.69) is 42.5 Å². The predicted octanol–water partition coefficient (Wildman–Crippen LogP) is 4.52. The number of hydrogen-bond acceptors (Lipinski definition) is 3. The van der Waals surface area contributed by atoms with Crippen LogP contribution in [0.4, 0.5) is 0 Å². The SMILES string of the molecule is O[C@H]1C[C@@H](CCCCc2ccccc2)O[C@@H](COCc2ccccc2)C1. The van der Waals surface area contributed by atoms with E-state index in [0.29, 0.717) is 19.6 Å². The minimum Gasteiger partial charge on any atom is -0.393 e. The molecule has 3 rings (SSSR count). The molecular formula is C23H30O3. The van der Waals surface area contributed by atoms with Crippen molar-refractivity contribution in [2.45, 2.75) is 63.4 Å². The highest BCUT2D eigenvalue weighted by Crippen LogP contribution is 2.24. The van der Waals surface area contributed by atoms with Gasteiger partial charge in [-0.2, -0.15) is 0 Å². The summed E-state index contributed by atoms with van der Waals surface area (Å²) in [6, 6.07) is 20.8. The molecule has 1 aliphatic rings. The second-order valence-electron chi connectivity index (χ2n) is 7.24. The predicted molar refractivity (Wildman–Crippen MR) is 104 cm³/mol. The molecule has 0 saturated carbocycles. The Labute approximate surface area is 157 Å². The molecule has 3 atom stereocenters. The maximum atomic E-state index is 10.2. The molecule has 0 aromatic heterocycles. The summed E-state index contributed by atoms with van der Waals surface area (Å²) < 4.78 is 12.0. The Morgan fingerprint density at radius 2 is 1.50 bits per heavy atom. The number of ether oxygens (including phenoxy) is 2. The topological polar surface area (TPSA) is 38.7 Å². The van der Waals surface area contributed by atoms with Gasteiger partial charge in [0.05, 0.1) is 31.5 Å². The van der Waals surface area contributed by atoms with Gasteiger partial charge in [-0.15, -0.1) is 0 Å². The first-order chi connectivity index (χ1) is 12.8. The van der Waals surface area contributed by atoms with E-state index in [-0.39, 0.29) is 18.3 Å². The molecule has 1 fully saturated rings. The summed E-state index contributed by atoms with van der Waals surface area (Å²) in [6.45, 7) is 1.14. The number of unbranched alkanes of at least 4 members (excludes halogenated alkanes) is 1. The molecule has 0 radical (unpaired) electrons. The number of benzene rings is 2. The highest BCUT2D eigenvalue weighted by molar-refractivity contribution is 5.14. The van der Waals surface area contributed by atoms with Crippen LogP contribution in [-0.4, -0.2) is 30.0 Å². The summed E-state index contributed by atoms with van der Waals surface area (Å²) in [7, 11) is 0. The quantitative estimate of drug-likeness (QED) is 0.673. The highest BCUT2D eigenvalue weighted by Gasteiger charge is 2.28. The van der Waals surface area contributed by atoms with Gasteiger partial charge in [0.2, 0.25) is 0 Å². The van der Waals surface area contributed by atoms with Gasteiger partial charge in [0.25, 0.3) is 0 Å². The fraction of sp³-hybridized carbons (Fsp3) is 0.478. The minimum atomic E-state index is -0.270. The summed E-state index contributed by atoms with van der Waals surface area (Å²) in [5.41, 5.74) is 2.56. The van der Waals surface area contributed by atoms with Crippen molar-refractivity contribution in [2.24, 2.45) is 0 Å². The lowest BCUT2D eigenvalue weighted by molar-refractivity contribution is -0.125. The fourth-order valence-corrected chi connectivity index (χ4v) is 3.61. The van der Waals surface area contributed by atoms with E-state index < -0.39 is 0 Å². The Morgan fingerprint density at radius 1 is 0.846 bits per heavy atom. The minimum absolute atomic E-state index is 0.00147. The first-order valence-corrected chi connectivity index (χ1v) is 9.78. The van der Waals surface area contributed by atoms with E-state index in [9.17, 15) is 5.11 Å². The lowest BCUT2D eigenvalue weighted by atomic mass is 9.97. The molecule has 3 nitrogen and oxygen atoms in total. The number of hydrogen-bond donors (Lipinski definition) is 1. The first-order valence-electron chi connectivity index (χ1n) is 9.78. The zero-order valence-electron chi connectivity index (χ0n) is 15.4. The van der Waals surface area contributed by atoms with Crippen LogP contribution in [0.15, 0.2) is 60.7 Å². The van der Waals surface area contributed by atoms with Crippen molar-refractivity contribution in [3.05, 3.63) is 71.8 Å². The van der Waals surface area contributed by atoms with Crippen LogP contribution in [0.5, 0.6) is 0 Å². The second kappa shape index (κ2) is 10.5. The van der Waals surface area contributed by atoms with E-state index in [1.165, 1.54) is 11.1 Å². The average molecular weight is 354 g/mol. The monoisotopic (exact) mass is 354 g/mol. The van der Waals surface area contributed by atoms with Gasteiger partial charge in [0, 0.05) is 6.42 Å². The smallest absolute Gasteiger partial charge is 0.0837 e. The van der Waals surface area contributed by atoms with Crippen molar-refractivity contribution in [1.29, 1.82) is 0 Å². The van der Waals surface area contributed by atoms with Crippen LogP contribution in [-0.2, 0) is 22.5 Å². The third kappa shape index (κ3) is 6.56. The molecule has 140 valence electrons.